The van der Waals surface area contributed by atoms with Crippen molar-refractivity contribution in [1.29, 1.82) is 0 Å². The minimum atomic E-state index is -4.14. The molecule has 0 saturated carbocycles. The summed E-state index contributed by atoms with van der Waals surface area (Å²) in [7, 11) is -4.14. The van der Waals surface area contributed by atoms with Gasteiger partial charge in [0.15, 0.2) is 0 Å². The van der Waals surface area contributed by atoms with E-state index in [1.54, 1.807) is 0 Å². The molecule has 1 rings (SSSR count). The number of halogens is 3. The summed E-state index contributed by atoms with van der Waals surface area (Å²) in [6.45, 7) is 0.319. The molecule has 0 aromatic carbocycles. The van der Waals surface area contributed by atoms with Crippen LogP contribution in [0.5, 0.6) is 0 Å². The van der Waals surface area contributed by atoms with E-state index >= 15 is 0 Å². The summed E-state index contributed by atoms with van der Waals surface area (Å²) in [5, 5.41) is 1.74. The van der Waals surface area contributed by atoms with Crippen molar-refractivity contribution in [3.63, 3.8) is 0 Å². The Balaban J connectivity index is 0.000001000. The number of hydrogen-bond donors (Lipinski definition) is 1. The summed E-state index contributed by atoms with van der Waals surface area (Å²) in [4.78, 5) is 0. The number of alkyl halides is 2. The third kappa shape index (κ3) is 2.00. The maximum Gasteiger partial charge on any atom is 0.337 e. The van der Waals surface area contributed by atoms with Crippen LogP contribution in [0.3, 0.4) is 0 Å². The lowest BCUT2D eigenvalue weighted by molar-refractivity contribution is 0.230. The van der Waals surface area contributed by atoms with Crippen LogP contribution in [0.1, 0.15) is 0 Å². The van der Waals surface area contributed by atoms with Gasteiger partial charge in [-0.05, 0) is 0 Å². The molecule has 1 N–H and O–H groups in total. The van der Waals surface area contributed by atoms with E-state index in [0.717, 1.165) is 0 Å². The third-order valence-corrected chi connectivity index (χ3v) is 3.22. The van der Waals surface area contributed by atoms with Crippen LogP contribution in [0, 0.1) is 0 Å². The van der Waals surface area contributed by atoms with Crippen molar-refractivity contribution < 1.29 is 17.2 Å². The molecular weight excluding hydrogens is 200 g/mol. The van der Waals surface area contributed by atoms with Gasteiger partial charge in [0.1, 0.15) is 0 Å². The van der Waals surface area contributed by atoms with Gasteiger partial charge in [-0.1, -0.05) is 0 Å². The van der Waals surface area contributed by atoms with Crippen LogP contribution < -0.4 is 5.32 Å². The molecule has 0 spiro atoms. The zero-order valence-electron chi connectivity index (χ0n) is 5.46. The van der Waals surface area contributed by atoms with Crippen LogP contribution in [0.15, 0.2) is 0 Å². The summed E-state index contributed by atoms with van der Waals surface area (Å²) in [6, 6.07) is 0. The highest BCUT2D eigenvalue weighted by Gasteiger charge is 2.37. The zero-order chi connectivity index (χ0) is 7.78. The van der Waals surface area contributed by atoms with Gasteiger partial charge in [-0.15, -0.1) is 12.4 Å². The summed E-state index contributed by atoms with van der Waals surface area (Å²) >= 11 is 0. The molecule has 0 aromatic rings. The first-order valence-electron chi connectivity index (χ1n) is 2.76. The van der Waals surface area contributed by atoms with Gasteiger partial charge in [-0.3, -0.25) is 0 Å². The minimum Gasteiger partial charge on any atom is -0.314 e. The number of nitrogens with one attached hydrogen (secondary N) is 1. The van der Waals surface area contributed by atoms with Crippen LogP contribution in [0.25, 0.3) is 0 Å². The molecule has 1 heterocycles. The van der Waals surface area contributed by atoms with E-state index in [2.05, 4.69) is 5.32 Å². The standard InChI is InChI=1S/C4H7F2NO2S.ClH/c5-4(6)10(8,9)3-1-7-2-3;/h3-4,7H,1-2H2;1H. The highest BCUT2D eigenvalue weighted by molar-refractivity contribution is 7.92. The lowest BCUT2D eigenvalue weighted by Crippen LogP contribution is -2.53. The van der Waals surface area contributed by atoms with Gasteiger partial charge in [0.2, 0.25) is 9.84 Å². The van der Waals surface area contributed by atoms with E-state index < -0.39 is 20.8 Å². The van der Waals surface area contributed by atoms with Crippen molar-refractivity contribution >= 4 is 22.2 Å². The van der Waals surface area contributed by atoms with Gasteiger partial charge in [0, 0.05) is 13.1 Å². The molecule has 0 aromatic heterocycles. The molecule has 0 bridgehead atoms. The average molecular weight is 208 g/mol. The molecule has 7 heteroatoms. The van der Waals surface area contributed by atoms with Gasteiger partial charge < -0.3 is 5.32 Å². The SMILES string of the molecule is Cl.O=S(=O)(C(F)F)C1CNC1. The van der Waals surface area contributed by atoms with E-state index in [1.807, 2.05) is 0 Å². The fourth-order valence-electron chi connectivity index (χ4n) is 0.640. The fraction of sp³-hybridized carbons (Fsp3) is 1.00. The van der Waals surface area contributed by atoms with Crippen LogP contribution in [0.4, 0.5) is 8.78 Å². The molecular formula is C4H8ClF2NO2S. The highest BCUT2D eigenvalue weighted by Crippen LogP contribution is 2.14. The van der Waals surface area contributed by atoms with Gasteiger partial charge in [0.25, 0.3) is 0 Å². The highest BCUT2D eigenvalue weighted by atomic mass is 35.5. The van der Waals surface area contributed by atoms with E-state index in [1.165, 1.54) is 0 Å². The minimum absolute atomic E-state index is 0. The molecule has 0 unspecified atom stereocenters. The number of sulfone groups is 1. The predicted octanol–water partition coefficient (Wildman–Crippen LogP) is 0.0174. The van der Waals surface area contributed by atoms with Crippen molar-refractivity contribution in [2.24, 2.45) is 0 Å². The zero-order valence-corrected chi connectivity index (χ0v) is 7.09. The first kappa shape index (κ1) is 11.1. The smallest absolute Gasteiger partial charge is 0.314 e. The Morgan fingerprint density at radius 3 is 1.91 bits per heavy atom. The largest absolute Gasteiger partial charge is 0.337 e. The van der Waals surface area contributed by atoms with Gasteiger partial charge >= 0.3 is 5.76 Å². The quantitative estimate of drug-likeness (QED) is 0.695. The normalized spacial score (nSPS) is 19.2. The second-order valence-electron chi connectivity index (χ2n) is 2.13. The van der Waals surface area contributed by atoms with E-state index in [-0.39, 0.29) is 25.5 Å². The van der Waals surface area contributed by atoms with Crippen molar-refractivity contribution in [2.75, 3.05) is 13.1 Å². The van der Waals surface area contributed by atoms with E-state index in [0.29, 0.717) is 0 Å². The molecule has 68 valence electrons. The maximum atomic E-state index is 11.7. The topological polar surface area (TPSA) is 46.2 Å². The van der Waals surface area contributed by atoms with Crippen LogP contribution in [-0.2, 0) is 9.84 Å². The average Bonchev–Trinajstić information content (AvgIpc) is 1.57. The fourth-order valence-corrected chi connectivity index (χ4v) is 1.63. The van der Waals surface area contributed by atoms with Crippen molar-refractivity contribution in [3.05, 3.63) is 0 Å². The molecule has 3 nitrogen and oxygen atoms in total. The maximum absolute atomic E-state index is 11.7. The Hall–Kier alpha value is 0.0600. The molecule has 1 fully saturated rings. The Morgan fingerprint density at radius 2 is 1.82 bits per heavy atom. The van der Waals surface area contributed by atoms with Crippen molar-refractivity contribution in [3.8, 4) is 0 Å². The summed E-state index contributed by atoms with van der Waals surface area (Å²) in [5.74, 6) is -3.22. The summed E-state index contributed by atoms with van der Waals surface area (Å²) in [6.07, 6.45) is 0. The van der Waals surface area contributed by atoms with E-state index in [4.69, 9.17) is 0 Å². The Labute approximate surface area is 69.5 Å². The van der Waals surface area contributed by atoms with Gasteiger partial charge in [-0.25, -0.2) is 8.42 Å². The van der Waals surface area contributed by atoms with Crippen LogP contribution in [0.2, 0.25) is 0 Å². The van der Waals surface area contributed by atoms with Crippen LogP contribution >= 0.6 is 12.4 Å². The predicted molar refractivity (Wildman–Crippen MR) is 38.8 cm³/mol. The first-order valence-corrected chi connectivity index (χ1v) is 4.37. The lowest BCUT2D eigenvalue weighted by atomic mass is 10.3. The van der Waals surface area contributed by atoms with Crippen LogP contribution in [-0.4, -0.2) is 32.5 Å². The monoisotopic (exact) mass is 207 g/mol. The Kier molecular flexibility index (Phi) is 3.66. The number of hydrogen-bond acceptors (Lipinski definition) is 3. The van der Waals surface area contributed by atoms with Gasteiger partial charge in [0.05, 0.1) is 5.25 Å². The molecule has 1 aliphatic heterocycles. The second-order valence-corrected chi connectivity index (χ2v) is 4.33. The lowest BCUT2D eigenvalue weighted by Gasteiger charge is -2.25. The molecule has 0 atom stereocenters. The Bertz CT molecular complexity index is 214. The van der Waals surface area contributed by atoms with Crippen molar-refractivity contribution in [2.45, 2.75) is 11.0 Å². The molecule has 1 aliphatic rings. The molecule has 0 aliphatic carbocycles. The Morgan fingerprint density at radius 1 is 1.36 bits per heavy atom. The summed E-state index contributed by atoms with van der Waals surface area (Å²) < 4.78 is 44.4. The summed E-state index contributed by atoms with van der Waals surface area (Å²) in [5.41, 5.74) is 0. The number of rotatable bonds is 2. The third-order valence-electron chi connectivity index (χ3n) is 1.46. The van der Waals surface area contributed by atoms with Crippen molar-refractivity contribution in [1.82, 2.24) is 5.32 Å². The first-order chi connectivity index (χ1) is 4.55. The second kappa shape index (κ2) is 3.64. The van der Waals surface area contributed by atoms with Gasteiger partial charge in [-0.2, -0.15) is 8.78 Å². The molecule has 11 heavy (non-hydrogen) atoms. The van der Waals surface area contributed by atoms with E-state index in [9.17, 15) is 17.2 Å². The molecule has 0 radical (unpaired) electrons. The molecule has 0 amide bonds. The molecule has 1 saturated heterocycles.